The lowest BCUT2D eigenvalue weighted by atomic mass is 9.97. The largest absolute Gasteiger partial charge is 0.140 e. The Hall–Kier alpha value is -0.460. The van der Waals surface area contributed by atoms with Crippen LogP contribution >= 0.6 is 23.2 Å². The second kappa shape index (κ2) is 5.25. The fraction of sp³-hybridized carbons (Fsp3) is 0.429. The van der Waals surface area contributed by atoms with Crippen LogP contribution in [0.1, 0.15) is 38.8 Å². The summed E-state index contributed by atoms with van der Waals surface area (Å²) in [5.41, 5.74) is 4.92. The van der Waals surface area contributed by atoms with Gasteiger partial charge in [-0.1, -0.05) is 58.6 Å². The fourth-order valence-electron chi connectivity index (χ4n) is 1.57. The molecule has 0 N–H and O–H groups in total. The van der Waals surface area contributed by atoms with E-state index in [9.17, 15) is 0 Å². The van der Waals surface area contributed by atoms with Gasteiger partial charge in [-0.25, -0.2) is 0 Å². The molecule has 0 aliphatic carbocycles. The van der Waals surface area contributed by atoms with Crippen LogP contribution < -0.4 is 0 Å². The zero-order valence-electron chi connectivity index (χ0n) is 10.3. The van der Waals surface area contributed by atoms with Crippen molar-refractivity contribution in [3.63, 3.8) is 0 Å². The fourth-order valence-corrected chi connectivity index (χ4v) is 1.93. The highest BCUT2D eigenvalue weighted by molar-refractivity contribution is 6.47. The minimum Gasteiger partial charge on any atom is -0.0966 e. The maximum absolute atomic E-state index is 6.18. The number of halogens is 2. The quantitative estimate of drug-likeness (QED) is 0.513. The van der Waals surface area contributed by atoms with Crippen LogP contribution in [0.25, 0.3) is 0 Å². The van der Waals surface area contributed by atoms with Gasteiger partial charge in [0.25, 0.3) is 0 Å². The van der Waals surface area contributed by atoms with Crippen LogP contribution in [0.3, 0.4) is 0 Å². The summed E-state index contributed by atoms with van der Waals surface area (Å²) < 4.78 is -0.821. The molecule has 0 saturated carbocycles. The molecule has 0 fully saturated rings. The van der Waals surface area contributed by atoms with Crippen LogP contribution in [0.15, 0.2) is 35.4 Å². The van der Waals surface area contributed by atoms with Gasteiger partial charge in [0.15, 0.2) is 0 Å². The Labute approximate surface area is 108 Å². The van der Waals surface area contributed by atoms with Crippen LogP contribution in [0.2, 0.25) is 0 Å². The van der Waals surface area contributed by atoms with Crippen molar-refractivity contribution < 1.29 is 0 Å². The maximum Gasteiger partial charge on any atom is 0.140 e. The normalized spacial score (nSPS) is 11.4. The minimum absolute atomic E-state index is 0.821. The van der Waals surface area contributed by atoms with Gasteiger partial charge in [0.2, 0.25) is 0 Å². The minimum atomic E-state index is -0.821. The van der Waals surface area contributed by atoms with E-state index in [4.69, 9.17) is 23.2 Å². The Morgan fingerprint density at radius 3 is 2.19 bits per heavy atom. The lowest BCUT2D eigenvalue weighted by Crippen LogP contribution is -2.08. The second-order valence-corrected chi connectivity index (χ2v) is 6.21. The highest BCUT2D eigenvalue weighted by atomic mass is 35.5. The summed E-state index contributed by atoms with van der Waals surface area (Å²) in [5.74, 6) is 0. The van der Waals surface area contributed by atoms with Crippen molar-refractivity contribution >= 4 is 23.2 Å². The zero-order chi connectivity index (χ0) is 12.3. The molecule has 0 heterocycles. The third-order valence-electron chi connectivity index (χ3n) is 2.80. The molecule has 0 radical (unpaired) electrons. The smallest absolute Gasteiger partial charge is 0.0966 e. The maximum atomic E-state index is 6.18. The van der Waals surface area contributed by atoms with E-state index in [1.54, 1.807) is 0 Å². The lowest BCUT2D eigenvalue weighted by molar-refractivity contribution is 0.934. The first-order valence-corrected chi connectivity index (χ1v) is 6.17. The molecule has 0 saturated heterocycles. The van der Waals surface area contributed by atoms with Crippen molar-refractivity contribution in [2.24, 2.45) is 0 Å². The van der Waals surface area contributed by atoms with Crippen LogP contribution in [-0.4, -0.2) is 0 Å². The first-order valence-electron chi connectivity index (χ1n) is 5.41. The van der Waals surface area contributed by atoms with Crippen molar-refractivity contribution in [1.29, 1.82) is 0 Å². The highest BCUT2D eigenvalue weighted by Crippen LogP contribution is 2.35. The third-order valence-corrected chi connectivity index (χ3v) is 3.21. The highest BCUT2D eigenvalue weighted by Gasteiger charge is 2.22. The van der Waals surface area contributed by atoms with Crippen LogP contribution in [0, 0.1) is 0 Å². The molecule has 0 bridgehead atoms. The molecule has 0 spiro atoms. The van der Waals surface area contributed by atoms with Crippen LogP contribution in [0.5, 0.6) is 0 Å². The molecule has 0 aliphatic heterocycles. The molecule has 0 nitrogen and oxygen atoms in total. The molecular formula is C14H18Cl2. The summed E-state index contributed by atoms with van der Waals surface area (Å²) in [7, 11) is 0. The molecule has 0 amide bonds. The van der Waals surface area contributed by atoms with Gasteiger partial charge in [-0.2, -0.15) is 0 Å². The van der Waals surface area contributed by atoms with Gasteiger partial charge in [0.05, 0.1) is 0 Å². The number of hydrogen-bond acceptors (Lipinski definition) is 0. The average molecular weight is 257 g/mol. The van der Waals surface area contributed by atoms with E-state index < -0.39 is 4.33 Å². The van der Waals surface area contributed by atoms with Gasteiger partial charge in [0, 0.05) is 0 Å². The zero-order valence-corrected chi connectivity index (χ0v) is 11.8. The Morgan fingerprint density at radius 1 is 1.12 bits per heavy atom. The Morgan fingerprint density at radius 2 is 1.69 bits per heavy atom. The first-order chi connectivity index (χ1) is 7.32. The topological polar surface area (TPSA) is 0 Å². The standard InChI is InChI=1S/C14H18Cl2/c1-10(2)11(3)9-12-7-5-6-8-13(12)14(4,15)16/h5-8H,9H2,1-4H3. The van der Waals surface area contributed by atoms with Gasteiger partial charge < -0.3 is 0 Å². The Kier molecular flexibility index (Phi) is 4.46. The van der Waals surface area contributed by atoms with Crippen molar-refractivity contribution in [2.45, 2.75) is 38.4 Å². The summed E-state index contributed by atoms with van der Waals surface area (Å²) >= 11 is 12.4. The SMILES string of the molecule is CC(C)=C(C)Cc1ccccc1C(C)(Cl)Cl. The monoisotopic (exact) mass is 256 g/mol. The van der Waals surface area contributed by atoms with Gasteiger partial charge in [-0.3, -0.25) is 0 Å². The van der Waals surface area contributed by atoms with E-state index in [-0.39, 0.29) is 0 Å². The van der Waals surface area contributed by atoms with E-state index >= 15 is 0 Å². The van der Waals surface area contributed by atoms with Gasteiger partial charge >= 0.3 is 0 Å². The van der Waals surface area contributed by atoms with Crippen LogP contribution in [0.4, 0.5) is 0 Å². The van der Waals surface area contributed by atoms with Gasteiger partial charge in [-0.15, -0.1) is 0 Å². The number of allylic oxidation sites excluding steroid dienone is 2. The molecule has 0 aromatic heterocycles. The number of benzene rings is 1. The lowest BCUT2D eigenvalue weighted by Gasteiger charge is -2.19. The molecular weight excluding hydrogens is 239 g/mol. The van der Waals surface area contributed by atoms with Gasteiger partial charge in [0.1, 0.15) is 4.33 Å². The molecule has 2 heteroatoms. The van der Waals surface area contributed by atoms with Crippen LogP contribution in [-0.2, 0) is 10.8 Å². The molecule has 1 aromatic carbocycles. The van der Waals surface area contributed by atoms with Crippen molar-refractivity contribution in [2.75, 3.05) is 0 Å². The third kappa shape index (κ3) is 3.54. The predicted molar refractivity (Wildman–Crippen MR) is 73.3 cm³/mol. The van der Waals surface area contributed by atoms with E-state index in [2.05, 4.69) is 26.8 Å². The van der Waals surface area contributed by atoms with E-state index in [0.717, 1.165) is 12.0 Å². The average Bonchev–Trinajstić information content (AvgIpc) is 2.16. The molecule has 0 aliphatic rings. The van der Waals surface area contributed by atoms with E-state index in [1.807, 2.05) is 25.1 Å². The number of rotatable bonds is 3. The van der Waals surface area contributed by atoms with Gasteiger partial charge in [-0.05, 0) is 45.2 Å². The summed E-state index contributed by atoms with van der Waals surface area (Å²) in [5, 5.41) is 0. The number of alkyl halides is 2. The summed E-state index contributed by atoms with van der Waals surface area (Å²) in [4.78, 5) is 0. The van der Waals surface area contributed by atoms with Crippen molar-refractivity contribution in [3.8, 4) is 0 Å². The molecule has 16 heavy (non-hydrogen) atoms. The summed E-state index contributed by atoms with van der Waals surface area (Å²) in [6.07, 6.45) is 0.910. The first kappa shape index (κ1) is 13.6. The molecule has 0 atom stereocenters. The van der Waals surface area contributed by atoms with E-state index in [0.29, 0.717) is 0 Å². The molecule has 0 unspecified atom stereocenters. The Balaban J connectivity index is 3.11. The van der Waals surface area contributed by atoms with Crippen molar-refractivity contribution in [1.82, 2.24) is 0 Å². The number of hydrogen-bond donors (Lipinski definition) is 0. The summed E-state index contributed by atoms with van der Waals surface area (Å²) in [6.45, 7) is 8.20. The summed E-state index contributed by atoms with van der Waals surface area (Å²) in [6, 6.07) is 8.08. The van der Waals surface area contributed by atoms with Crippen molar-refractivity contribution in [3.05, 3.63) is 46.5 Å². The van der Waals surface area contributed by atoms with E-state index in [1.165, 1.54) is 16.7 Å². The predicted octanol–water partition coefficient (Wildman–Crippen LogP) is 5.24. The molecule has 1 aromatic rings. The Bertz CT molecular complexity index is 393. The second-order valence-electron chi connectivity index (χ2n) is 4.50. The molecule has 1 rings (SSSR count). The molecule has 88 valence electrons.